The number of nitrogens with zero attached hydrogens (tertiary/aromatic N) is 6. The lowest BCUT2D eigenvalue weighted by atomic mass is 9.75. The van der Waals surface area contributed by atoms with Crippen LogP contribution < -0.4 is 0 Å². The van der Waals surface area contributed by atoms with Crippen LogP contribution in [0.15, 0.2) is 65.4 Å². The second kappa shape index (κ2) is 36.6. The zero-order chi connectivity index (χ0) is 61.4. The van der Waals surface area contributed by atoms with E-state index in [1.54, 1.807) is 35.3 Å². The van der Waals surface area contributed by atoms with E-state index in [2.05, 4.69) is 92.0 Å². The number of thioether (sulfide) groups is 9. The van der Waals surface area contributed by atoms with E-state index in [0.717, 1.165) is 181 Å². The first-order valence-electron chi connectivity index (χ1n) is 30.3. The van der Waals surface area contributed by atoms with Gasteiger partial charge in [0.05, 0.1) is 19.1 Å². The summed E-state index contributed by atoms with van der Waals surface area (Å²) in [6.45, 7) is 26.3. The Hall–Kier alpha value is -2.13. The first kappa shape index (κ1) is 71.9. The van der Waals surface area contributed by atoms with Crippen molar-refractivity contribution in [2.45, 2.75) is 119 Å². The van der Waals surface area contributed by atoms with Crippen molar-refractivity contribution in [3.8, 4) is 12.1 Å². The molecular formula is C64H94N6O6S9. The van der Waals surface area contributed by atoms with Crippen LogP contribution in [-0.2, 0) is 28.6 Å². The van der Waals surface area contributed by atoms with Crippen LogP contribution in [0.1, 0.15) is 119 Å². The highest BCUT2D eigenvalue weighted by Crippen LogP contribution is 2.52. The van der Waals surface area contributed by atoms with Gasteiger partial charge in [-0.3, -0.25) is 4.79 Å². The van der Waals surface area contributed by atoms with Gasteiger partial charge in [-0.15, -0.1) is 35.3 Å². The fourth-order valence-electron chi connectivity index (χ4n) is 11.8. The van der Waals surface area contributed by atoms with Gasteiger partial charge in [0, 0.05) is 140 Å². The van der Waals surface area contributed by atoms with Gasteiger partial charge in [-0.2, -0.15) is 81.1 Å². The Morgan fingerprint density at radius 1 is 0.471 bits per heavy atom. The quantitative estimate of drug-likeness (QED) is 0.0153. The lowest BCUT2D eigenvalue weighted by Crippen LogP contribution is -2.31. The third-order valence-electron chi connectivity index (χ3n) is 15.9. The second-order valence-electron chi connectivity index (χ2n) is 24.9. The smallest absolute Gasteiger partial charge is 0.349 e. The number of hydrogen-bond donors (Lipinski definition) is 0. The van der Waals surface area contributed by atoms with Gasteiger partial charge >= 0.3 is 17.9 Å². The molecule has 470 valence electrons. The van der Waals surface area contributed by atoms with Crippen LogP contribution in [0, 0.1) is 51.4 Å². The summed E-state index contributed by atoms with van der Waals surface area (Å²) in [6.07, 6.45) is 17.0. The maximum atomic E-state index is 14.7. The Morgan fingerprint density at radius 3 is 1.07 bits per heavy atom. The molecule has 3 aliphatic heterocycles. The molecule has 0 bridgehead atoms. The first-order valence-corrected chi connectivity index (χ1v) is 40.9. The molecule has 0 N–H and O–H groups in total. The fraction of sp³-hybridized carbons (Fsp3) is 0.719. The topological polar surface area (TPSA) is 141 Å². The molecule has 0 aromatic rings. The molecule has 3 heterocycles. The largest absolute Gasteiger partial charge is 0.470 e. The Kier molecular flexibility index (Phi) is 31.0. The third kappa shape index (κ3) is 22.1. The highest BCUT2D eigenvalue weighted by Gasteiger charge is 2.41. The Morgan fingerprint density at radius 2 is 0.765 bits per heavy atom. The van der Waals surface area contributed by atoms with Crippen molar-refractivity contribution in [1.29, 1.82) is 10.5 Å². The summed E-state index contributed by atoms with van der Waals surface area (Å²) in [5, 5.41) is 22.0. The Labute approximate surface area is 549 Å². The number of likely N-dealkylation sites (tertiary alicyclic amines) is 3. The molecule has 6 aliphatic rings. The van der Waals surface area contributed by atoms with Gasteiger partial charge in [-0.05, 0) is 129 Å². The normalized spacial score (nSPS) is 21.3. The molecule has 0 aromatic carbocycles. The molecule has 0 atom stereocenters. The first-order chi connectivity index (χ1) is 40.9. The third-order valence-corrected chi connectivity index (χ3v) is 25.8. The Bertz CT molecular complexity index is 2350. The molecule has 6 rings (SSSR count). The molecule has 3 aliphatic carbocycles. The number of allylic oxidation sites excluding steroid dienone is 6. The zero-order valence-corrected chi connectivity index (χ0v) is 59.6. The lowest BCUT2D eigenvalue weighted by molar-refractivity contribution is -0.148. The van der Waals surface area contributed by atoms with Gasteiger partial charge in [0.2, 0.25) is 0 Å². The molecule has 85 heavy (non-hydrogen) atoms. The molecule has 0 spiro atoms. The van der Waals surface area contributed by atoms with Crippen molar-refractivity contribution in [3.63, 3.8) is 0 Å². The molecule has 0 saturated carbocycles. The number of rotatable bonds is 33. The maximum Gasteiger partial charge on any atom is 0.349 e. The average molecular weight is 1330 g/mol. The van der Waals surface area contributed by atoms with Crippen LogP contribution in [0.25, 0.3) is 4.85 Å². The number of carbonyl (C=O) groups is 3. The number of carbonyl (C=O) groups excluding carboxylic acids is 3. The standard InChI is InChI=1S/C64H94N6O6S9/c1-62(2)35-47(56(83-32-29-80-26-23-77-8)52(38-62)68-17-11-12-18-68)50(41-65)59(71)74-43-46(44-75-60(72)51(42-66)48-36-63(3,4)39-53(69-19-13-14-20-69)57(48)84-33-30-81-27-24-78-9)45-76-61(73)55(67-7)49-37-64(5,6)40-54(70-21-15-16-22-70)58(49)85-34-31-82-28-25-79-10/h46H,11-40,43-45H2,1-6,8-10H3/b50-47+,51-48+,55-49-. The van der Waals surface area contributed by atoms with E-state index in [4.69, 9.17) is 20.8 Å². The van der Waals surface area contributed by atoms with Crippen molar-refractivity contribution >= 4 is 124 Å². The summed E-state index contributed by atoms with van der Waals surface area (Å²) in [6, 6.07) is 4.58. The summed E-state index contributed by atoms with van der Waals surface area (Å²) in [5.74, 6) is 8.49. The summed E-state index contributed by atoms with van der Waals surface area (Å²) in [4.78, 5) is 58.4. The van der Waals surface area contributed by atoms with E-state index in [1.165, 1.54) is 17.1 Å². The summed E-state index contributed by atoms with van der Waals surface area (Å²) < 4.78 is 18.5. The van der Waals surface area contributed by atoms with Gasteiger partial charge in [-0.25, -0.2) is 14.4 Å². The van der Waals surface area contributed by atoms with Crippen LogP contribution in [-0.4, -0.2) is 179 Å². The van der Waals surface area contributed by atoms with Crippen LogP contribution in [0.2, 0.25) is 0 Å². The average Bonchev–Trinajstić information content (AvgIpc) is 4.28. The molecule has 0 amide bonds. The van der Waals surface area contributed by atoms with Crippen molar-refractivity contribution in [1.82, 2.24) is 14.7 Å². The predicted octanol–water partition coefficient (Wildman–Crippen LogP) is 14.9. The molecule has 3 saturated heterocycles. The predicted molar refractivity (Wildman–Crippen MR) is 372 cm³/mol. The fourth-order valence-corrected chi connectivity index (χ4v) is 21.0. The SMILES string of the molecule is [C-]#[N+]/C(C(=O)OCC(COC(=O)/C(C#N)=C1\CC(C)(C)CC(N2CCCC2)=C1SCCSCCSC)COC(=O)/C(C#N)=C1\CC(C)(C)CC(N2CCCC2)=C1SCCSCCSC)=C1/CC(C)(C)CC(N2CCCC2)=C1SCCSCCSC. The van der Waals surface area contributed by atoms with Crippen LogP contribution >= 0.6 is 106 Å². The molecule has 21 heteroatoms. The van der Waals surface area contributed by atoms with Crippen LogP contribution in [0.4, 0.5) is 0 Å². The van der Waals surface area contributed by atoms with Crippen molar-refractivity contribution < 1.29 is 28.6 Å². The molecular weight excluding hydrogens is 1240 g/mol. The summed E-state index contributed by atoms with van der Waals surface area (Å²) >= 11 is 16.5. The highest BCUT2D eigenvalue weighted by atomic mass is 32.2. The number of hydrogen-bond acceptors (Lipinski definition) is 20. The van der Waals surface area contributed by atoms with Gasteiger partial charge < -0.3 is 28.9 Å². The minimum Gasteiger partial charge on any atom is -0.470 e. The summed E-state index contributed by atoms with van der Waals surface area (Å²) in [5.41, 5.74) is 4.84. The lowest BCUT2D eigenvalue weighted by Gasteiger charge is -2.39. The van der Waals surface area contributed by atoms with Crippen molar-refractivity contribution in [2.24, 2.45) is 22.2 Å². The van der Waals surface area contributed by atoms with E-state index in [1.807, 2.05) is 70.6 Å². The van der Waals surface area contributed by atoms with E-state index < -0.39 is 23.8 Å². The maximum absolute atomic E-state index is 14.7. The van der Waals surface area contributed by atoms with Crippen molar-refractivity contribution in [3.05, 3.63) is 76.8 Å². The molecule has 3 fully saturated rings. The monoisotopic (exact) mass is 1330 g/mol. The minimum atomic E-state index is -0.911. The number of ether oxygens (including phenoxy) is 3. The summed E-state index contributed by atoms with van der Waals surface area (Å²) in [7, 11) is 0. The van der Waals surface area contributed by atoms with E-state index in [-0.39, 0.29) is 52.9 Å². The van der Waals surface area contributed by atoms with E-state index >= 15 is 0 Å². The number of esters is 3. The Balaban J connectivity index is 1.35. The van der Waals surface area contributed by atoms with Crippen LogP contribution in [0.3, 0.4) is 0 Å². The zero-order valence-electron chi connectivity index (χ0n) is 52.2. The molecule has 0 unspecified atom stereocenters. The van der Waals surface area contributed by atoms with E-state index in [0.29, 0.717) is 36.0 Å². The second-order valence-corrected chi connectivity index (χ2v) is 34.8. The van der Waals surface area contributed by atoms with Crippen molar-refractivity contribution in [2.75, 3.05) is 147 Å². The van der Waals surface area contributed by atoms with Gasteiger partial charge in [0.1, 0.15) is 36.5 Å². The number of nitriles is 2. The highest BCUT2D eigenvalue weighted by molar-refractivity contribution is 8.07. The van der Waals surface area contributed by atoms with Gasteiger partial charge in [-0.1, -0.05) is 41.5 Å². The van der Waals surface area contributed by atoms with E-state index in [9.17, 15) is 24.9 Å². The molecule has 0 radical (unpaired) electrons. The van der Waals surface area contributed by atoms with Crippen LogP contribution in [0.5, 0.6) is 0 Å². The van der Waals surface area contributed by atoms with Gasteiger partial charge in [0.25, 0.3) is 5.70 Å². The molecule has 0 aromatic heterocycles. The minimum absolute atomic E-state index is 0.0485. The molecule has 12 nitrogen and oxygen atoms in total. The van der Waals surface area contributed by atoms with Gasteiger partial charge in [0.15, 0.2) is 0 Å².